The van der Waals surface area contributed by atoms with Crippen molar-refractivity contribution in [2.75, 3.05) is 0 Å². The van der Waals surface area contributed by atoms with Crippen LogP contribution in [-0.2, 0) is 18.5 Å². The third kappa shape index (κ3) is 3.71. The Labute approximate surface area is 86.5 Å². The molecule has 15 heavy (non-hydrogen) atoms. The summed E-state index contributed by atoms with van der Waals surface area (Å²) in [6.07, 6.45) is 0. The molecule has 0 bridgehead atoms. The average Bonchev–Trinajstić information content (AvgIpc) is 2.18. The molecular weight excluding hydrogens is 221 g/mol. The van der Waals surface area contributed by atoms with Gasteiger partial charge in [0.15, 0.2) is 0 Å². The molecule has 0 aliphatic rings. The maximum absolute atomic E-state index is 11.5. The number of rotatable bonds is 4. The molecule has 0 radical (unpaired) electrons. The second-order valence-electron chi connectivity index (χ2n) is 2.54. The summed E-state index contributed by atoms with van der Waals surface area (Å²) in [6.45, 7) is 1.07. The molecule has 0 fully saturated rings. The molecule has 1 aromatic rings. The van der Waals surface area contributed by atoms with E-state index in [0.717, 1.165) is 6.92 Å². The van der Waals surface area contributed by atoms with Gasteiger partial charge >= 0.3 is 13.8 Å². The van der Waals surface area contributed by atoms with Gasteiger partial charge in [-0.25, -0.2) is 10.5 Å². The third-order valence-corrected chi connectivity index (χ3v) is 2.50. The van der Waals surface area contributed by atoms with Crippen LogP contribution in [0.5, 0.6) is 5.75 Å². The molecule has 0 saturated heterocycles. The van der Waals surface area contributed by atoms with Gasteiger partial charge in [0.2, 0.25) is 0 Å². The number of phosphoric acid groups is 1. The van der Waals surface area contributed by atoms with Gasteiger partial charge in [-0.1, -0.05) is 18.2 Å². The van der Waals surface area contributed by atoms with E-state index in [1.54, 1.807) is 18.2 Å². The van der Waals surface area contributed by atoms with Crippen LogP contribution in [0, 0.1) is 0 Å². The summed E-state index contributed by atoms with van der Waals surface area (Å²) in [6, 6.07) is 8.10. The summed E-state index contributed by atoms with van der Waals surface area (Å²) < 4.78 is 24.8. The maximum atomic E-state index is 11.5. The predicted molar refractivity (Wildman–Crippen MR) is 51.7 cm³/mol. The van der Waals surface area contributed by atoms with E-state index in [4.69, 9.17) is 10.4 Å². The highest BCUT2D eigenvalue weighted by Gasteiger charge is 2.31. The van der Waals surface area contributed by atoms with Crippen LogP contribution in [0.25, 0.3) is 0 Å². The normalized spacial score (nSPS) is 14.0. The van der Waals surface area contributed by atoms with E-state index in [1.807, 2.05) is 0 Å². The lowest BCUT2D eigenvalue weighted by atomic mass is 10.3. The van der Waals surface area contributed by atoms with Crippen molar-refractivity contribution in [2.45, 2.75) is 6.92 Å². The molecule has 1 atom stereocenters. The highest BCUT2D eigenvalue weighted by Crippen LogP contribution is 2.47. The van der Waals surface area contributed by atoms with Crippen molar-refractivity contribution in [3.05, 3.63) is 30.3 Å². The molecule has 0 saturated carbocycles. The molecule has 1 unspecified atom stereocenters. The molecule has 0 heterocycles. The monoisotopic (exact) mass is 231 g/mol. The van der Waals surface area contributed by atoms with Crippen molar-refractivity contribution in [1.29, 1.82) is 0 Å². The van der Waals surface area contributed by atoms with Crippen molar-refractivity contribution >= 4 is 13.8 Å². The highest BCUT2D eigenvalue weighted by atomic mass is 31.2. The van der Waals surface area contributed by atoms with E-state index in [9.17, 15) is 9.36 Å². The predicted octanol–water partition coefficient (Wildman–Crippen LogP) is 1.63. The zero-order valence-electron chi connectivity index (χ0n) is 7.95. The Bertz CT molecular complexity index is 380. The summed E-state index contributed by atoms with van der Waals surface area (Å²) in [5.74, 6) is 4.16. The number of nitrogens with two attached hydrogens (primary N) is 1. The van der Waals surface area contributed by atoms with Crippen molar-refractivity contribution in [3.63, 3.8) is 0 Å². The lowest BCUT2D eigenvalue weighted by Gasteiger charge is -2.13. The quantitative estimate of drug-likeness (QED) is 0.625. The van der Waals surface area contributed by atoms with Crippen molar-refractivity contribution < 1.29 is 23.0 Å². The molecule has 7 heteroatoms. The minimum atomic E-state index is -4.05. The largest absolute Gasteiger partial charge is 0.606 e. The Balaban J connectivity index is 2.77. The Hall–Kier alpha value is -1.36. The minimum Gasteiger partial charge on any atom is -0.394 e. The van der Waals surface area contributed by atoms with Crippen LogP contribution in [0.3, 0.4) is 0 Å². The van der Waals surface area contributed by atoms with Crippen LogP contribution < -0.4 is 10.4 Å². The third-order valence-electron chi connectivity index (χ3n) is 1.33. The number of phosphoric ester groups is 1. The second-order valence-corrected chi connectivity index (χ2v) is 4.01. The van der Waals surface area contributed by atoms with Crippen LogP contribution in [0.2, 0.25) is 0 Å². The van der Waals surface area contributed by atoms with E-state index in [2.05, 4.69) is 9.15 Å². The lowest BCUT2D eigenvalue weighted by molar-refractivity contribution is -0.133. The molecule has 0 amide bonds. The van der Waals surface area contributed by atoms with Crippen molar-refractivity contribution in [1.82, 2.24) is 0 Å². The number of carbonyl (C=O) groups excluding carboxylic acids is 1. The van der Waals surface area contributed by atoms with Crippen LogP contribution in [-0.4, -0.2) is 5.97 Å². The first-order chi connectivity index (χ1) is 7.06. The fourth-order valence-electron chi connectivity index (χ4n) is 0.830. The minimum absolute atomic E-state index is 0.229. The summed E-state index contributed by atoms with van der Waals surface area (Å²) in [5.41, 5.74) is 0. The first kappa shape index (κ1) is 11.7. The van der Waals surface area contributed by atoms with Crippen LogP contribution in [0.1, 0.15) is 6.92 Å². The van der Waals surface area contributed by atoms with Crippen LogP contribution in [0.4, 0.5) is 0 Å². The Kier molecular flexibility index (Phi) is 3.85. The van der Waals surface area contributed by atoms with E-state index in [0.29, 0.717) is 0 Å². The zero-order valence-corrected chi connectivity index (χ0v) is 8.85. The number of benzene rings is 1. The summed E-state index contributed by atoms with van der Waals surface area (Å²) in [4.78, 5) is 10.6. The molecule has 0 aromatic heterocycles. The van der Waals surface area contributed by atoms with E-state index < -0.39 is 13.8 Å². The Morgan fingerprint density at radius 2 is 1.93 bits per heavy atom. The topological polar surface area (TPSA) is 87.9 Å². The molecule has 82 valence electrons. The molecule has 0 aliphatic carbocycles. The standard InChI is InChI=1S/C8H10NO5P/c1-7(10)12-15(11,14-9)13-8-5-3-2-4-6-8/h2-6H,9H2,1H3. The molecule has 0 aliphatic heterocycles. The van der Waals surface area contributed by atoms with Crippen molar-refractivity contribution in [2.24, 2.45) is 5.90 Å². The summed E-state index contributed by atoms with van der Waals surface area (Å²) >= 11 is 0. The molecule has 2 N–H and O–H groups in total. The number of hydrogen-bond acceptors (Lipinski definition) is 6. The SMILES string of the molecule is CC(=O)OP(=O)(ON)Oc1ccccc1. The van der Waals surface area contributed by atoms with E-state index >= 15 is 0 Å². The molecule has 6 nitrogen and oxygen atoms in total. The molecule has 0 spiro atoms. The Morgan fingerprint density at radius 1 is 1.33 bits per heavy atom. The van der Waals surface area contributed by atoms with Crippen LogP contribution >= 0.6 is 7.82 Å². The summed E-state index contributed by atoms with van der Waals surface area (Å²) in [7, 11) is -4.05. The highest BCUT2D eigenvalue weighted by molar-refractivity contribution is 7.49. The van der Waals surface area contributed by atoms with Gasteiger partial charge in [0, 0.05) is 6.92 Å². The Morgan fingerprint density at radius 3 is 2.40 bits per heavy atom. The average molecular weight is 231 g/mol. The summed E-state index contributed by atoms with van der Waals surface area (Å²) in [5, 5.41) is 0. The van der Waals surface area contributed by atoms with Gasteiger partial charge in [-0.2, -0.15) is 4.62 Å². The van der Waals surface area contributed by atoms with E-state index in [1.165, 1.54) is 12.1 Å². The van der Waals surface area contributed by atoms with E-state index in [-0.39, 0.29) is 5.75 Å². The molecule has 1 aromatic carbocycles. The fraction of sp³-hybridized carbons (Fsp3) is 0.125. The second kappa shape index (κ2) is 4.93. The van der Waals surface area contributed by atoms with Gasteiger partial charge in [0.25, 0.3) is 0 Å². The number of hydrogen-bond donors (Lipinski definition) is 1. The van der Waals surface area contributed by atoms with Crippen LogP contribution in [0.15, 0.2) is 30.3 Å². The van der Waals surface area contributed by atoms with Gasteiger partial charge in [0.1, 0.15) is 5.75 Å². The first-order valence-electron chi connectivity index (χ1n) is 3.99. The smallest absolute Gasteiger partial charge is 0.394 e. The number of para-hydroxylation sites is 1. The first-order valence-corrected chi connectivity index (χ1v) is 5.45. The fourth-order valence-corrected chi connectivity index (χ4v) is 1.65. The van der Waals surface area contributed by atoms with Gasteiger partial charge in [-0.3, -0.25) is 4.79 Å². The van der Waals surface area contributed by atoms with Gasteiger partial charge in [0.05, 0.1) is 0 Å². The lowest BCUT2D eigenvalue weighted by Crippen LogP contribution is -2.09. The van der Waals surface area contributed by atoms with Crippen molar-refractivity contribution in [3.8, 4) is 5.75 Å². The van der Waals surface area contributed by atoms with Gasteiger partial charge < -0.3 is 9.05 Å². The zero-order chi connectivity index (χ0) is 11.3. The number of carbonyl (C=O) groups is 1. The van der Waals surface area contributed by atoms with Gasteiger partial charge in [-0.05, 0) is 12.1 Å². The molecule has 1 rings (SSSR count). The maximum Gasteiger partial charge on any atom is 0.606 e. The molecular formula is C8H10NO5P. The van der Waals surface area contributed by atoms with Gasteiger partial charge in [-0.15, -0.1) is 0 Å².